The molecule has 0 fully saturated rings. The van der Waals surface area contributed by atoms with Crippen molar-refractivity contribution in [1.29, 1.82) is 0 Å². The van der Waals surface area contributed by atoms with Crippen molar-refractivity contribution in [3.63, 3.8) is 0 Å². The van der Waals surface area contributed by atoms with Crippen LogP contribution < -0.4 is 5.69 Å². The maximum atomic E-state index is 12.1. The highest BCUT2D eigenvalue weighted by Crippen LogP contribution is 2.16. The van der Waals surface area contributed by atoms with E-state index in [9.17, 15) is 9.90 Å². The molecule has 0 amide bonds. The molecule has 1 aromatic heterocycles. The highest BCUT2D eigenvalue weighted by atomic mass is 28.3. The Kier molecular flexibility index (Phi) is 2.77. The van der Waals surface area contributed by atoms with Crippen LogP contribution in [0.15, 0.2) is 11.0 Å². The van der Waals surface area contributed by atoms with Crippen LogP contribution in [-0.4, -0.2) is 30.0 Å². The van der Waals surface area contributed by atoms with Gasteiger partial charge < -0.3 is 9.34 Å². The lowest BCUT2D eigenvalue weighted by atomic mass is 10.9. The first kappa shape index (κ1) is 12.3. The summed E-state index contributed by atoms with van der Waals surface area (Å²) in [6.07, 6.45) is 1.59. The Hall–Kier alpha value is -0.756. The molecule has 0 saturated carbocycles. The van der Waals surface area contributed by atoms with Gasteiger partial charge in [-0.3, -0.25) is 4.23 Å². The third kappa shape index (κ3) is 2.26. The molecule has 6 heteroatoms. The molecular weight excluding hydrogens is 224 g/mol. The second-order valence-electron chi connectivity index (χ2n) is 5.82. The predicted molar refractivity (Wildman–Crippen MR) is 67.8 cm³/mol. The summed E-state index contributed by atoms with van der Waals surface area (Å²) in [4.78, 5) is 12.1. The van der Waals surface area contributed by atoms with Crippen LogP contribution in [0.25, 0.3) is 0 Å². The van der Waals surface area contributed by atoms with Gasteiger partial charge in [0.1, 0.15) is 0 Å². The van der Waals surface area contributed by atoms with Gasteiger partial charge in [0, 0.05) is 0 Å². The molecule has 0 spiro atoms. The molecule has 15 heavy (non-hydrogen) atoms. The average molecular weight is 244 g/mol. The topological polar surface area (TPSA) is 47.2 Å². The lowest BCUT2D eigenvalue weighted by Crippen LogP contribution is -2.47. The number of aromatic nitrogens is 2. The zero-order chi connectivity index (χ0) is 12.0. The standard InChI is InChI=1S/C9H20N2O2Si2/c1-14(2,3)10-7-8(12)11(9(10)13)15(4,5)6/h7,12H,1-6H3. The van der Waals surface area contributed by atoms with Crippen molar-refractivity contribution >= 4 is 16.5 Å². The molecule has 1 aromatic rings. The molecule has 0 saturated heterocycles. The minimum Gasteiger partial charge on any atom is -0.494 e. The van der Waals surface area contributed by atoms with Gasteiger partial charge in [-0.15, -0.1) is 0 Å². The summed E-state index contributed by atoms with van der Waals surface area (Å²) in [6, 6.07) is 0. The van der Waals surface area contributed by atoms with Crippen molar-refractivity contribution in [2.45, 2.75) is 39.3 Å². The fourth-order valence-corrected chi connectivity index (χ4v) is 4.25. The molecule has 0 atom stereocenters. The fraction of sp³-hybridized carbons (Fsp3) is 0.667. The maximum absolute atomic E-state index is 12.1. The molecular formula is C9H20N2O2Si2. The van der Waals surface area contributed by atoms with Crippen molar-refractivity contribution in [1.82, 2.24) is 8.47 Å². The Balaban J connectivity index is 3.48. The fourth-order valence-electron chi connectivity index (χ4n) is 1.55. The second kappa shape index (κ2) is 3.38. The molecule has 0 unspecified atom stereocenters. The molecule has 0 aromatic carbocycles. The lowest BCUT2D eigenvalue weighted by Gasteiger charge is -2.19. The molecule has 1 heterocycles. The van der Waals surface area contributed by atoms with E-state index in [1.807, 2.05) is 19.6 Å². The van der Waals surface area contributed by atoms with E-state index in [4.69, 9.17) is 0 Å². The highest BCUT2D eigenvalue weighted by Gasteiger charge is 2.28. The molecule has 86 valence electrons. The Morgan fingerprint density at radius 2 is 1.53 bits per heavy atom. The summed E-state index contributed by atoms with van der Waals surface area (Å²) in [6.45, 7) is 12.4. The lowest BCUT2D eigenvalue weighted by molar-refractivity contribution is 0.445. The number of aromatic hydroxyl groups is 1. The Bertz CT molecular complexity index is 421. The SMILES string of the molecule is C[Si](C)(C)n1cc(O)n([Si](C)(C)C)c1=O. The predicted octanol–water partition coefficient (Wildman–Crippen LogP) is 1.72. The van der Waals surface area contributed by atoms with Crippen molar-refractivity contribution in [3.8, 4) is 5.88 Å². The van der Waals surface area contributed by atoms with Gasteiger partial charge in [0.25, 0.3) is 0 Å². The quantitative estimate of drug-likeness (QED) is 0.805. The van der Waals surface area contributed by atoms with Crippen LogP contribution in [0.5, 0.6) is 5.88 Å². The van der Waals surface area contributed by atoms with Crippen molar-refractivity contribution in [2.24, 2.45) is 0 Å². The Morgan fingerprint density at radius 1 is 1.07 bits per heavy atom. The molecule has 1 rings (SSSR count). The first-order chi connectivity index (χ1) is 6.55. The molecule has 0 aliphatic heterocycles. The number of hydrogen-bond acceptors (Lipinski definition) is 2. The maximum Gasteiger partial charge on any atom is 0.314 e. The first-order valence-electron chi connectivity index (χ1n) is 5.09. The van der Waals surface area contributed by atoms with E-state index in [1.165, 1.54) is 0 Å². The van der Waals surface area contributed by atoms with Crippen molar-refractivity contribution < 1.29 is 5.11 Å². The second-order valence-corrected chi connectivity index (χ2v) is 15.4. The van der Waals surface area contributed by atoms with E-state index >= 15 is 0 Å². The van der Waals surface area contributed by atoms with Crippen molar-refractivity contribution in [2.75, 3.05) is 0 Å². The van der Waals surface area contributed by atoms with Crippen LogP contribution in [0.2, 0.25) is 39.3 Å². The monoisotopic (exact) mass is 244 g/mol. The van der Waals surface area contributed by atoms with Gasteiger partial charge in [-0.05, 0) is 0 Å². The van der Waals surface area contributed by atoms with E-state index in [1.54, 1.807) is 14.7 Å². The van der Waals surface area contributed by atoms with Crippen LogP contribution in [-0.2, 0) is 0 Å². The third-order valence-corrected chi connectivity index (χ3v) is 5.79. The normalized spacial score (nSPS) is 13.2. The summed E-state index contributed by atoms with van der Waals surface area (Å²) >= 11 is 0. The summed E-state index contributed by atoms with van der Waals surface area (Å²) in [7, 11) is -3.55. The van der Waals surface area contributed by atoms with Crippen LogP contribution in [0.3, 0.4) is 0 Å². The van der Waals surface area contributed by atoms with E-state index in [-0.39, 0.29) is 11.6 Å². The molecule has 0 aliphatic carbocycles. The van der Waals surface area contributed by atoms with Crippen LogP contribution >= 0.6 is 0 Å². The van der Waals surface area contributed by atoms with E-state index in [0.29, 0.717) is 0 Å². The largest absolute Gasteiger partial charge is 0.494 e. The van der Waals surface area contributed by atoms with Gasteiger partial charge in [-0.2, -0.15) is 0 Å². The third-order valence-electron chi connectivity index (χ3n) is 2.26. The summed E-state index contributed by atoms with van der Waals surface area (Å²) in [5, 5.41) is 9.81. The van der Waals surface area contributed by atoms with E-state index in [0.717, 1.165) is 0 Å². The molecule has 4 nitrogen and oxygen atoms in total. The van der Waals surface area contributed by atoms with E-state index < -0.39 is 16.5 Å². The van der Waals surface area contributed by atoms with Gasteiger partial charge in [0.15, 0.2) is 16.5 Å². The van der Waals surface area contributed by atoms with Crippen LogP contribution in [0, 0.1) is 0 Å². The smallest absolute Gasteiger partial charge is 0.314 e. The minimum absolute atomic E-state index is 0.0502. The summed E-state index contributed by atoms with van der Waals surface area (Å²) in [5.74, 6) is 0.113. The Labute approximate surface area is 92.3 Å². The number of nitrogens with zero attached hydrogens (tertiary/aromatic N) is 2. The van der Waals surface area contributed by atoms with Gasteiger partial charge in [-0.25, -0.2) is 4.79 Å². The first-order valence-corrected chi connectivity index (χ1v) is 12.0. The summed E-state index contributed by atoms with van der Waals surface area (Å²) < 4.78 is 3.30. The van der Waals surface area contributed by atoms with Crippen LogP contribution in [0.1, 0.15) is 0 Å². The molecule has 0 radical (unpaired) electrons. The molecule has 0 aliphatic rings. The zero-order valence-electron chi connectivity index (χ0n) is 10.3. The van der Waals surface area contributed by atoms with Gasteiger partial charge in [-0.1, -0.05) is 39.3 Å². The van der Waals surface area contributed by atoms with Crippen LogP contribution in [0.4, 0.5) is 0 Å². The minimum atomic E-state index is -1.82. The molecule has 0 bridgehead atoms. The highest BCUT2D eigenvalue weighted by molar-refractivity contribution is 6.76. The number of imidazole rings is 1. The van der Waals surface area contributed by atoms with Gasteiger partial charge >= 0.3 is 5.69 Å². The number of hydrogen-bond donors (Lipinski definition) is 1. The molecule has 1 N–H and O–H groups in total. The van der Waals surface area contributed by atoms with Gasteiger partial charge in [0.2, 0.25) is 5.88 Å². The van der Waals surface area contributed by atoms with Crippen molar-refractivity contribution in [3.05, 3.63) is 16.7 Å². The Morgan fingerprint density at radius 3 is 1.73 bits per heavy atom. The summed E-state index contributed by atoms with van der Waals surface area (Å²) in [5.41, 5.74) is -0.0502. The zero-order valence-corrected chi connectivity index (χ0v) is 12.3. The average Bonchev–Trinajstić information content (AvgIpc) is 2.22. The number of rotatable bonds is 2. The van der Waals surface area contributed by atoms with Gasteiger partial charge in [0.05, 0.1) is 6.20 Å². The van der Waals surface area contributed by atoms with E-state index in [2.05, 4.69) is 19.6 Å².